The number of aromatic nitrogens is 4. The maximum Gasteiger partial charge on any atom is 0.425 e. The highest BCUT2D eigenvalue weighted by molar-refractivity contribution is 6.18. The molecule has 0 unspecified atom stereocenters. The average Bonchev–Trinajstić information content (AvgIpc) is 3.91. The number of carbonyl (C=O) groups excluding carboxylic acids is 3. The number of hydrogen-bond acceptors (Lipinski definition) is 10. The molecule has 7 rings (SSSR count). The number of alkyl halides is 3. The Bertz CT molecular complexity index is 2380. The number of halogens is 3. The second kappa shape index (κ2) is 15.7. The van der Waals surface area contributed by atoms with Crippen LogP contribution >= 0.6 is 0 Å². The lowest BCUT2D eigenvalue weighted by Crippen LogP contribution is -2.44. The van der Waals surface area contributed by atoms with E-state index in [-0.39, 0.29) is 29.7 Å². The molecule has 17 heteroatoms. The molecule has 2 N–H and O–H groups in total. The highest BCUT2D eigenvalue weighted by atomic mass is 19.4. The van der Waals surface area contributed by atoms with E-state index in [0.29, 0.717) is 51.7 Å². The van der Waals surface area contributed by atoms with Gasteiger partial charge >= 0.3 is 24.4 Å². The highest BCUT2D eigenvalue weighted by Crippen LogP contribution is 2.45. The Morgan fingerprint density at radius 2 is 1.53 bits per heavy atom. The maximum absolute atomic E-state index is 14.3. The number of carbonyl (C=O) groups is 3. The van der Waals surface area contributed by atoms with Gasteiger partial charge in [0.25, 0.3) is 0 Å². The molecule has 1 saturated carbocycles. The van der Waals surface area contributed by atoms with E-state index < -0.39 is 41.2 Å². The van der Waals surface area contributed by atoms with E-state index in [1.54, 1.807) is 72.1 Å². The average molecular weight is 816 g/mol. The Labute approximate surface area is 339 Å². The van der Waals surface area contributed by atoms with Gasteiger partial charge in [0.05, 0.1) is 16.6 Å². The molecule has 2 fully saturated rings. The van der Waals surface area contributed by atoms with E-state index in [1.807, 2.05) is 22.7 Å². The van der Waals surface area contributed by atoms with Crippen LogP contribution in [-0.2, 0) is 22.2 Å². The lowest BCUT2D eigenvalue weighted by Gasteiger charge is -2.33. The van der Waals surface area contributed by atoms with Crippen LogP contribution in [0, 0.1) is 0 Å². The van der Waals surface area contributed by atoms with E-state index in [4.69, 9.17) is 9.47 Å². The normalized spacial score (nSPS) is 15.6. The van der Waals surface area contributed by atoms with Gasteiger partial charge in [0.2, 0.25) is 0 Å². The number of amides is 4. The Hall–Kier alpha value is -5.81. The van der Waals surface area contributed by atoms with Gasteiger partial charge in [0, 0.05) is 74.0 Å². The molecule has 1 aliphatic heterocycles. The topological polar surface area (TPSA) is 147 Å². The number of imide groups is 1. The number of nitrogens with zero attached hydrogens (tertiary/aromatic N) is 7. The van der Waals surface area contributed by atoms with Gasteiger partial charge in [-0.1, -0.05) is 12.1 Å². The molecule has 5 aromatic rings. The number of pyridine rings is 1. The van der Waals surface area contributed by atoms with Gasteiger partial charge in [-0.25, -0.2) is 24.4 Å². The zero-order valence-electron chi connectivity index (χ0n) is 34.1. The molecule has 59 heavy (non-hydrogen) atoms. The summed E-state index contributed by atoms with van der Waals surface area (Å²) in [6.07, 6.45) is 1.55. The van der Waals surface area contributed by atoms with Crippen LogP contribution in [0.5, 0.6) is 0 Å². The summed E-state index contributed by atoms with van der Waals surface area (Å²) in [4.78, 5) is 59.4. The third-order valence-corrected chi connectivity index (χ3v) is 9.91. The van der Waals surface area contributed by atoms with Crippen molar-refractivity contribution in [2.75, 3.05) is 48.8 Å². The summed E-state index contributed by atoms with van der Waals surface area (Å²) in [6, 6.07) is 8.39. The molecule has 3 aromatic heterocycles. The van der Waals surface area contributed by atoms with Crippen molar-refractivity contribution in [1.82, 2.24) is 29.3 Å². The van der Waals surface area contributed by atoms with Gasteiger partial charge in [-0.05, 0) is 102 Å². The fourth-order valence-corrected chi connectivity index (χ4v) is 7.06. The van der Waals surface area contributed by atoms with Crippen molar-refractivity contribution >= 4 is 57.2 Å². The summed E-state index contributed by atoms with van der Waals surface area (Å²) in [5, 5.41) is 6.89. The molecule has 4 heterocycles. The molecule has 1 aliphatic carbocycles. The van der Waals surface area contributed by atoms with Crippen molar-refractivity contribution in [3.05, 3.63) is 72.4 Å². The Morgan fingerprint density at radius 3 is 2.15 bits per heavy atom. The lowest BCUT2D eigenvalue weighted by atomic mass is 9.98. The summed E-state index contributed by atoms with van der Waals surface area (Å²) in [5.74, 6) is -0.0375. The predicted octanol–water partition coefficient (Wildman–Crippen LogP) is 9.07. The van der Waals surface area contributed by atoms with E-state index in [0.717, 1.165) is 36.9 Å². The second-order valence-corrected chi connectivity index (χ2v) is 17.0. The van der Waals surface area contributed by atoms with Crippen LogP contribution in [-0.4, -0.2) is 92.0 Å². The third kappa shape index (κ3) is 9.41. The number of urea groups is 1. The SMILES string of the molecule is CN1CCN(Cc2ccc(NC(=O)Nc3ccc(-c4cn(C5CC5)c5ncnc(N(C(=O)OC(C)(C)C)C(=O)OC(C)(C)C)c45)c4ccncc34)cc2C(F)(F)F)CC1. The minimum Gasteiger partial charge on any atom is -0.443 e. The molecule has 0 atom stereocenters. The number of likely N-dealkylation sites (N-methyl/N-ethyl adjacent to an activating group) is 1. The Kier molecular flexibility index (Phi) is 11.0. The lowest BCUT2D eigenvalue weighted by molar-refractivity contribution is -0.138. The largest absolute Gasteiger partial charge is 0.443 e. The third-order valence-electron chi connectivity index (χ3n) is 9.91. The first kappa shape index (κ1) is 41.4. The van der Waals surface area contributed by atoms with Crippen LogP contribution in [0.15, 0.2) is 61.3 Å². The fraction of sp³-hybridized carbons (Fsp3) is 0.429. The number of rotatable bonds is 7. The Morgan fingerprint density at radius 1 is 0.847 bits per heavy atom. The maximum atomic E-state index is 14.3. The number of anilines is 3. The van der Waals surface area contributed by atoms with Gasteiger partial charge in [-0.2, -0.15) is 18.1 Å². The van der Waals surface area contributed by atoms with Gasteiger partial charge in [-0.3, -0.25) is 9.88 Å². The molecule has 0 radical (unpaired) electrons. The molecule has 0 bridgehead atoms. The van der Waals surface area contributed by atoms with E-state index >= 15 is 0 Å². The van der Waals surface area contributed by atoms with Gasteiger partial charge in [0.15, 0.2) is 5.82 Å². The molecular weight excluding hydrogens is 768 g/mol. The first-order chi connectivity index (χ1) is 27.8. The van der Waals surface area contributed by atoms with Gasteiger partial charge < -0.3 is 29.6 Å². The number of fused-ring (bicyclic) bond motifs is 2. The number of nitrogens with one attached hydrogen (secondary N) is 2. The van der Waals surface area contributed by atoms with Crippen LogP contribution < -0.4 is 15.5 Å². The standard InChI is InChI=1S/C42H48F3N9O5/c1-40(2,3)58-38(56)54(39(57)59-41(4,5)6)36-34-31(23-53(27-10-11-27)35(34)47-24-48-36)28-12-13-33(30-21-46-15-14-29(28)30)50-37(55)49-26-9-8-25(32(20-26)42(43,44)45)22-52-18-16-51(7)17-19-52/h8-9,12-15,20-21,23-24,27H,10-11,16-19,22H2,1-7H3,(H2,49,50,55). The van der Waals surface area contributed by atoms with Crippen LogP contribution in [0.4, 0.5) is 44.7 Å². The smallest absolute Gasteiger partial charge is 0.425 e. The van der Waals surface area contributed by atoms with E-state index in [2.05, 4.69) is 30.5 Å². The number of hydrogen-bond donors (Lipinski definition) is 2. The summed E-state index contributed by atoms with van der Waals surface area (Å²) in [6.45, 7) is 13.1. The van der Waals surface area contributed by atoms with Crippen molar-refractivity contribution in [3.63, 3.8) is 0 Å². The molecule has 2 aromatic carbocycles. The van der Waals surface area contributed by atoms with Crippen LogP contribution in [0.25, 0.3) is 32.9 Å². The van der Waals surface area contributed by atoms with Crippen LogP contribution in [0.2, 0.25) is 0 Å². The van der Waals surface area contributed by atoms with Gasteiger partial charge in [-0.15, -0.1) is 0 Å². The molecule has 2 aliphatic rings. The van der Waals surface area contributed by atoms with Crippen molar-refractivity contribution in [2.45, 2.75) is 84.3 Å². The van der Waals surface area contributed by atoms with Crippen LogP contribution in [0.3, 0.4) is 0 Å². The van der Waals surface area contributed by atoms with E-state index in [1.165, 1.54) is 18.5 Å². The van der Waals surface area contributed by atoms with Crippen molar-refractivity contribution in [3.8, 4) is 11.1 Å². The molecular formula is C42H48F3N9O5. The molecule has 14 nitrogen and oxygen atoms in total. The summed E-state index contributed by atoms with van der Waals surface area (Å²) in [7, 11) is 1.98. The fourth-order valence-electron chi connectivity index (χ4n) is 7.06. The zero-order chi connectivity index (χ0) is 42.4. The molecule has 4 amide bonds. The first-order valence-corrected chi connectivity index (χ1v) is 19.4. The molecule has 312 valence electrons. The first-order valence-electron chi connectivity index (χ1n) is 19.4. The monoisotopic (exact) mass is 815 g/mol. The Balaban J connectivity index is 1.24. The minimum absolute atomic E-state index is 0.0176. The summed E-state index contributed by atoms with van der Waals surface area (Å²) in [5.41, 5.74) is -0.549. The minimum atomic E-state index is -4.63. The quantitative estimate of drug-likeness (QED) is 0.163. The van der Waals surface area contributed by atoms with Crippen molar-refractivity contribution < 1.29 is 37.0 Å². The summed E-state index contributed by atoms with van der Waals surface area (Å²) < 4.78 is 56.2. The number of benzene rings is 2. The number of piperazine rings is 1. The highest BCUT2D eigenvalue weighted by Gasteiger charge is 2.38. The summed E-state index contributed by atoms with van der Waals surface area (Å²) >= 11 is 0. The van der Waals surface area contributed by atoms with Crippen LogP contribution in [0.1, 0.15) is 71.6 Å². The van der Waals surface area contributed by atoms with Gasteiger partial charge in [0.1, 0.15) is 23.2 Å². The van der Waals surface area contributed by atoms with E-state index in [9.17, 15) is 27.6 Å². The zero-order valence-corrected chi connectivity index (χ0v) is 34.1. The van der Waals surface area contributed by atoms with Crippen molar-refractivity contribution in [2.24, 2.45) is 0 Å². The predicted molar refractivity (Wildman–Crippen MR) is 218 cm³/mol. The second-order valence-electron chi connectivity index (χ2n) is 17.0. The molecule has 1 saturated heterocycles. The van der Waals surface area contributed by atoms with Crippen molar-refractivity contribution in [1.29, 1.82) is 0 Å². The molecule has 0 spiro atoms. The number of ether oxygens (including phenoxy) is 2.